The summed E-state index contributed by atoms with van der Waals surface area (Å²) in [5.41, 5.74) is 1.44. The van der Waals surface area contributed by atoms with Crippen LogP contribution in [0.25, 0.3) is 0 Å². The standard InChI is InChI=1S/C23H37IN/c1-4-7-9-14-19-25(23(24)6-3,20-15-10-8-5-2)21-18-22-16-12-11-13-17-22/h3,11-13,16-17,23H,4-5,7-10,14-15,18-21H2,1-2H3/q+1. The number of terminal acetylenes is 1. The molecule has 0 saturated carbocycles. The minimum absolute atomic E-state index is 0.282. The summed E-state index contributed by atoms with van der Waals surface area (Å²) in [6.45, 7) is 8.20. The Balaban J connectivity index is 2.79. The maximum absolute atomic E-state index is 5.91. The van der Waals surface area contributed by atoms with E-state index in [-0.39, 0.29) is 4.05 Å². The molecular formula is C23H37IN+. The van der Waals surface area contributed by atoms with Gasteiger partial charge in [0.1, 0.15) is 0 Å². The van der Waals surface area contributed by atoms with Gasteiger partial charge in [-0.3, -0.25) is 0 Å². The van der Waals surface area contributed by atoms with Gasteiger partial charge in [0.2, 0.25) is 4.05 Å². The summed E-state index contributed by atoms with van der Waals surface area (Å²) in [5, 5.41) is 0. The van der Waals surface area contributed by atoms with Gasteiger partial charge in [0.15, 0.2) is 0 Å². The van der Waals surface area contributed by atoms with Gasteiger partial charge in [-0.2, -0.15) is 0 Å². The van der Waals surface area contributed by atoms with Crippen LogP contribution in [-0.2, 0) is 6.42 Å². The number of hydrogen-bond donors (Lipinski definition) is 0. The van der Waals surface area contributed by atoms with Crippen molar-refractivity contribution in [3.8, 4) is 12.3 Å². The number of rotatable bonds is 14. The Labute approximate surface area is 170 Å². The highest BCUT2D eigenvalue weighted by atomic mass is 127. The molecule has 0 saturated heterocycles. The molecule has 140 valence electrons. The van der Waals surface area contributed by atoms with Gasteiger partial charge in [0.25, 0.3) is 0 Å². The van der Waals surface area contributed by atoms with E-state index < -0.39 is 0 Å². The Hall–Kier alpha value is -0.530. The second kappa shape index (κ2) is 13.6. The van der Waals surface area contributed by atoms with Crippen LogP contribution in [0.5, 0.6) is 0 Å². The first-order valence-corrected chi connectivity index (χ1v) is 11.4. The highest BCUT2D eigenvalue weighted by Gasteiger charge is 2.32. The molecule has 25 heavy (non-hydrogen) atoms. The number of nitrogens with zero attached hydrogens (tertiary/aromatic N) is 1. The van der Waals surface area contributed by atoms with E-state index in [4.69, 9.17) is 6.42 Å². The third kappa shape index (κ3) is 8.60. The summed E-state index contributed by atoms with van der Waals surface area (Å²) in [5.74, 6) is 3.08. The first-order chi connectivity index (χ1) is 12.2. The fourth-order valence-electron chi connectivity index (χ4n) is 3.54. The molecule has 0 N–H and O–H groups in total. The highest BCUT2D eigenvalue weighted by Crippen LogP contribution is 2.24. The molecule has 0 spiro atoms. The summed E-state index contributed by atoms with van der Waals surface area (Å²) in [6.07, 6.45) is 17.6. The average molecular weight is 454 g/mol. The maximum Gasteiger partial charge on any atom is 0.200 e. The third-order valence-electron chi connectivity index (χ3n) is 5.22. The lowest BCUT2D eigenvalue weighted by Gasteiger charge is -2.41. The summed E-state index contributed by atoms with van der Waals surface area (Å²) >= 11 is 2.52. The fourth-order valence-corrected chi connectivity index (χ4v) is 4.37. The summed E-state index contributed by atoms with van der Waals surface area (Å²) in [4.78, 5) is 0. The van der Waals surface area contributed by atoms with E-state index in [2.05, 4.69) is 72.7 Å². The molecule has 2 heteroatoms. The van der Waals surface area contributed by atoms with Gasteiger partial charge in [-0.1, -0.05) is 69.9 Å². The predicted octanol–water partition coefficient (Wildman–Crippen LogP) is 6.60. The Morgan fingerprint density at radius 3 is 1.92 bits per heavy atom. The van der Waals surface area contributed by atoms with Crippen molar-refractivity contribution in [1.29, 1.82) is 0 Å². The van der Waals surface area contributed by atoms with Crippen LogP contribution in [0.1, 0.15) is 70.8 Å². The van der Waals surface area contributed by atoms with Gasteiger partial charge < -0.3 is 4.48 Å². The van der Waals surface area contributed by atoms with Crippen molar-refractivity contribution in [2.24, 2.45) is 0 Å². The fraction of sp³-hybridized carbons (Fsp3) is 0.652. The zero-order chi connectivity index (χ0) is 18.4. The molecule has 0 aliphatic heterocycles. The number of alkyl halides is 1. The largest absolute Gasteiger partial charge is 0.303 e. The Morgan fingerprint density at radius 2 is 1.44 bits per heavy atom. The van der Waals surface area contributed by atoms with E-state index in [1.165, 1.54) is 76.6 Å². The number of hydrogen-bond acceptors (Lipinski definition) is 0. The summed E-state index contributed by atoms with van der Waals surface area (Å²) in [7, 11) is 0. The smallest absolute Gasteiger partial charge is 0.200 e. The molecule has 0 aliphatic carbocycles. The molecule has 1 nitrogen and oxygen atoms in total. The molecule has 1 aromatic carbocycles. The molecule has 1 aromatic rings. The SMILES string of the molecule is C#CC(I)[N+](CCCCCC)(CCCCCC)CCc1ccccc1. The van der Waals surface area contributed by atoms with Gasteiger partial charge in [-0.05, 0) is 37.2 Å². The molecule has 0 aromatic heterocycles. The Bertz CT molecular complexity index is 465. The molecule has 0 bridgehead atoms. The first-order valence-electron chi connectivity index (χ1n) is 10.2. The molecule has 0 aliphatic rings. The van der Waals surface area contributed by atoms with E-state index in [0.717, 1.165) is 10.9 Å². The van der Waals surface area contributed by atoms with Crippen LogP contribution in [0.3, 0.4) is 0 Å². The van der Waals surface area contributed by atoms with Crippen molar-refractivity contribution >= 4 is 22.6 Å². The summed E-state index contributed by atoms with van der Waals surface area (Å²) < 4.78 is 1.38. The zero-order valence-electron chi connectivity index (χ0n) is 16.4. The molecule has 0 amide bonds. The van der Waals surface area contributed by atoms with Crippen molar-refractivity contribution in [3.05, 3.63) is 35.9 Å². The Kier molecular flexibility index (Phi) is 12.3. The van der Waals surface area contributed by atoms with Crippen LogP contribution in [0.4, 0.5) is 0 Å². The first kappa shape index (κ1) is 22.5. The van der Waals surface area contributed by atoms with Gasteiger partial charge in [0.05, 0.1) is 19.6 Å². The zero-order valence-corrected chi connectivity index (χ0v) is 18.5. The molecule has 0 fully saturated rings. The molecular weight excluding hydrogens is 417 g/mol. The van der Waals surface area contributed by atoms with Crippen molar-refractivity contribution in [1.82, 2.24) is 0 Å². The minimum Gasteiger partial charge on any atom is -0.303 e. The van der Waals surface area contributed by atoms with Gasteiger partial charge in [-0.15, -0.1) is 6.42 Å². The monoisotopic (exact) mass is 454 g/mol. The molecule has 0 heterocycles. The lowest BCUT2D eigenvalue weighted by atomic mass is 10.1. The van der Waals surface area contributed by atoms with Gasteiger partial charge in [-0.25, -0.2) is 0 Å². The van der Waals surface area contributed by atoms with Crippen LogP contribution in [0.2, 0.25) is 0 Å². The Morgan fingerprint density at radius 1 is 0.880 bits per heavy atom. The van der Waals surface area contributed by atoms with E-state index in [9.17, 15) is 0 Å². The van der Waals surface area contributed by atoms with Crippen LogP contribution in [-0.4, -0.2) is 28.2 Å². The number of halogens is 1. The summed E-state index contributed by atoms with van der Waals surface area (Å²) in [6, 6.07) is 10.9. The molecule has 1 atom stereocenters. The van der Waals surface area contributed by atoms with Crippen molar-refractivity contribution in [2.75, 3.05) is 19.6 Å². The van der Waals surface area contributed by atoms with Gasteiger partial charge in [0, 0.05) is 29.0 Å². The third-order valence-corrected chi connectivity index (χ3v) is 6.76. The normalized spacial score (nSPS) is 12.7. The minimum atomic E-state index is 0.282. The molecule has 0 radical (unpaired) electrons. The van der Waals surface area contributed by atoms with Gasteiger partial charge >= 0.3 is 0 Å². The molecule has 1 rings (SSSR count). The maximum atomic E-state index is 5.91. The lowest BCUT2D eigenvalue weighted by molar-refractivity contribution is -0.927. The lowest BCUT2D eigenvalue weighted by Crippen LogP contribution is -2.54. The second-order valence-electron chi connectivity index (χ2n) is 7.25. The topological polar surface area (TPSA) is 0 Å². The van der Waals surface area contributed by atoms with Crippen LogP contribution < -0.4 is 0 Å². The van der Waals surface area contributed by atoms with Crippen molar-refractivity contribution < 1.29 is 4.48 Å². The van der Waals surface area contributed by atoms with E-state index >= 15 is 0 Å². The van der Waals surface area contributed by atoms with Crippen LogP contribution >= 0.6 is 22.6 Å². The average Bonchev–Trinajstić information content (AvgIpc) is 2.66. The van der Waals surface area contributed by atoms with Crippen molar-refractivity contribution in [3.63, 3.8) is 0 Å². The number of benzene rings is 1. The van der Waals surface area contributed by atoms with E-state index in [1.54, 1.807) is 0 Å². The number of quaternary nitrogens is 1. The molecule has 1 unspecified atom stereocenters. The second-order valence-corrected chi connectivity index (χ2v) is 8.43. The quantitative estimate of drug-likeness (QED) is 0.0742. The highest BCUT2D eigenvalue weighted by molar-refractivity contribution is 14.1. The van der Waals surface area contributed by atoms with E-state index in [0.29, 0.717) is 0 Å². The van der Waals surface area contributed by atoms with E-state index in [1.807, 2.05) is 0 Å². The number of unbranched alkanes of at least 4 members (excludes halogenated alkanes) is 6. The predicted molar refractivity (Wildman–Crippen MR) is 120 cm³/mol. The van der Waals surface area contributed by atoms with Crippen molar-refractivity contribution in [2.45, 2.75) is 75.7 Å². The van der Waals surface area contributed by atoms with Crippen LogP contribution in [0, 0.1) is 12.3 Å². The van der Waals surface area contributed by atoms with Crippen LogP contribution in [0.15, 0.2) is 30.3 Å².